The fourth-order valence-electron chi connectivity index (χ4n) is 2.30. The molecule has 1 atom stereocenters. The SMILES string of the molecule is CNC(C)CCCN1CCN(C)C(C)(C)C1. The first-order valence-electron chi connectivity index (χ1n) is 6.56. The van der Waals surface area contributed by atoms with E-state index in [1.165, 1.54) is 39.0 Å². The van der Waals surface area contributed by atoms with Crippen LogP contribution in [0.5, 0.6) is 0 Å². The molecule has 0 saturated carbocycles. The summed E-state index contributed by atoms with van der Waals surface area (Å²) in [4.78, 5) is 5.09. The Bertz CT molecular complexity index is 203. The molecule has 1 aliphatic rings. The van der Waals surface area contributed by atoms with Crippen LogP contribution in [-0.2, 0) is 0 Å². The highest BCUT2D eigenvalue weighted by Gasteiger charge is 2.30. The maximum atomic E-state index is 3.30. The fourth-order valence-corrected chi connectivity index (χ4v) is 2.30. The van der Waals surface area contributed by atoms with Crippen LogP contribution < -0.4 is 5.32 Å². The van der Waals surface area contributed by atoms with Gasteiger partial charge in [0.05, 0.1) is 0 Å². The Kier molecular flexibility index (Phi) is 5.22. The van der Waals surface area contributed by atoms with Gasteiger partial charge in [0.1, 0.15) is 0 Å². The summed E-state index contributed by atoms with van der Waals surface area (Å²) in [5, 5.41) is 3.30. The van der Waals surface area contributed by atoms with Crippen molar-refractivity contribution in [3.63, 3.8) is 0 Å². The third kappa shape index (κ3) is 4.04. The van der Waals surface area contributed by atoms with Crippen molar-refractivity contribution in [3.8, 4) is 0 Å². The summed E-state index contributed by atoms with van der Waals surface area (Å²) >= 11 is 0. The van der Waals surface area contributed by atoms with Gasteiger partial charge in [0.15, 0.2) is 0 Å². The van der Waals surface area contributed by atoms with Crippen LogP contribution in [0.2, 0.25) is 0 Å². The number of piperazine rings is 1. The van der Waals surface area contributed by atoms with Crippen molar-refractivity contribution in [1.82, 2.24) is 15.1 Å². The lowest BCUT2D eigenvalue weighted by Gasteiger charge is -2.45. The molecule has 1 saturated heterocycles. The van der Waals surface area contributed by atoms with Gasteiger partial charge in [-0.2, -0.15) is 0 Å². The Morgan fingerprint density at radius 3 is 2.56 bits per heavy atom. The largest absolute Gasteiger partial charge is 0.317 e. The molecule has 0 aromatic heterocycles. The zero-order valence-electron chi connectivity index (χ0n) is 11.7. The standard InChI is InChI=1S/C13H29N3/c1-12(14-4)7-6-8-16-10-9-15(5)13(2,3)11-16/h12,14H,6-11H2,1-5H3. The molecule has 0 radical (unpaired) electrons. The third-order valence-electron chi connectivity index (χ3n) is 4.00. The Balaban J connectivity index is 2.24. The Hall–Kier alpha value is -0.120. The molecule has 1 fully saturated rings. The van der Waals surface area contributed by atoms with Crippen molar-refractivity contribution in [3.05, 3.63) is 0 Å². The molecule has 16 heavy (non-hydrogen) atoms. The molecule has 1 unspecified atom stereocenters. The van der Waals surface area contributed by atoms with Crippen molar-refractivity contribution in [2.45, 2.75) is 45.2 Å². The minimum absolute atomic E-state index is 0.340. The maximum absolute atomic E-state index is 3.30. The molecule has 0 amide bonds. The van der Waals surface area contributed by atoms with Crippen molar-refractivity contribution >= 4 is 0 Å². The molecule has 1 aliphatic heterocycles. The van der Waals surface area contributed by atoms with E-state index in [0.29, 0.717) is 11.6 Å². The topological polar surface area (TPSA) is 18.5 Å². The van der Waals surface area contributed by atoms with Crippen LogP contribution in [0.4, 0.5) is 0 Å². The molecular weight excluding hydrogens is 198 g/mol. The molecule has 0 aromatic carbocycles. The molecular formula is C13H29N3. The van der Waals surface area contributed by atoms with E-state index in [9.17, 15) is 0 Å². The predicted octanol–water partition coefficient (Wildman–Crippen LogP) is 1.40. The third-order valence-corrected chi connectivity index (χ3v) is 4.00. The van der Waals surface area contributed by atoms with E-state index in [1.54, 1.807) is 0 Å². The molecule has 1 N–H and O–H groups in total. The second kappa shape index (κ2) is 5.99. The number of hydrogen-bond acceptors (Lipinski definition) is 3. The molecule has 96 valence electrons. The minimum Gasteiger partial charge on any atom is -0.317 e. The highest BCUT2D eigenvalue weighted by molar-refractivity contribution is 4.88. The van der Waals surface area contributed by atoms with E-state index >= 15 is 0 Å². The molecule has 3 heteroatoms. The first kappa shape index (κ1) is 13.9. The van der Waals surface area contributed by atoms with Crippen LogP contribution in [0.25, 0.3) is 0 Å². The molecule has 0 bridgehead atoms. The van der Waals surface area contributed by atoms with E-state index in [-0.39, 0.29) is 0 Å². The second-order valence-corrected chi connectivity index (χ2v) is 5.84. The summed E-state index contributed by atoms with van der Waals surface area (Å²) < 4.78 is 0. The van der Waals surface area contributed by atoms with Gasteiger partial charge < -0.3 is 10.2 Å². The maximum Gasteiger partial charge on any atom is 0.0277 e. The second-order valence-electron chi connectivity index (χ2n) is 5.84. The number of rotatable bonds is 5. The summed E-state index contributed by atoms with van der Waals surface area (Å²) in [5.41, 5.74) is 0.340. The Morgan fingerprint density at radius 1 is 1.31 bits per heavy atom. The monoisotopic (exact) mass is 227 g/mol. The van der Waals surface area contributed by atoms with E-state index in [0.717, 1.165) is 0 Å². The lowest BCUT2D eigenvalue weighted by molar-refractivity contribution is 0.0391. The summed E-state index contributed by atoms with van der Waals surface area (Å²) in [6, 6.07) is 0.653. The van der Waals surface area contributed by atoms with Crippen LogP contribution >= 0.6 is 0 Å². The van der Waals surface area contributed by atoms with Gasteiger partial charge in [-0.05, 0) is 54.3 Å². The van der Waals surface area contributed by atoms with Gasteiger partial charge in [-0.1, -0.05) is 0 Å². The van der Waals surface area contributed by atoms with Crippen LogP contribution in [0, 0.1) is 0 Å². The first-order chi connectivity index (χ1) is 7.45. The van der Waals surface area contributed by atoms with Crippen LogP contribution in [0.3, 0.4) is 0 Å². The van der Waals surface area contributed by atoms with Crippen LogP contribution in [0.1, 0.15) is 33.6 Å². The Labute approximate surface area is 101 Å². The van der Waals surface area contributed by atoms with Gasteiger partial charge >= 0.3 is 0 Å². The summed E-state index contributed by atoms with van der Waals surface area (Å²) in [6.07, 6.45) is 2.59. The highest BCUT2D eigenvalue weighted by Crippen LogP contribution is 2.18. The van der Waals surface area contributed by atoms with E-state index in [2.05, 4.69) is 42.9 Å². The summed E-state index contributed by atoms with van der Waals surface area (Å²) in [5.74, 6) is 0. The van der Waals surface area contributed by atoms with Gasteiger partial charge in [0, 0.05) is 31.2 Å². The zero-order valence-corrected chi connectivity index (χ0v) is 11.7. The fraction of sp³-hybridized carbons (Fsp3) is 1.00. The quantitative estimate of drug-likeness (QED) is 0.766. The van der Waals surface area contributed by atoms with Gasteiger partial charge in [-0.15, -0.1) is 0 Å². The molecule has 0 aliphatic carbocycles. The van der Waals surface area contributed by atoms with Crippen LogP contribution in [0.15, 0.2) is 0 Å². The molecule has 0 spiro atoms. The van der Waals surface area contributed by atoms with Gasteiger partial charge in [-0.3, -0.25) is 4.90 Å². The predicted molar refractivity (Wildman–Crippen MR) is 70.9 cm³/mol. The summed E-state index contributed by atoms with van der Waals surface area (Å²) in [7, 11) is 4.28. The lowest BCUT2D eigenvalue weighted by atomic mass is 9.99. The van der Waals surface area contributed by atoms with Gasteiger partial charge in [0.2, 0.25) is 0 Å². The smallest absolute Gasteiger partial charge is 0.0277 e. The van der Waals surface area contributed by atoms with E-state index in [1.807, 2.05) is 7.05 Å². The molecule has 1 rings (SSSR count). The molecule has 3 nitrogen and oxygen atoms in total. The molecule has 0 aromatic rings. The van der Waals surface area contributed by atoms with Crippen molar-refractivity contribution in [2.75, 3.05) is 40.3 Å². The van der Waals surface area contributed by atoms with Crippen LogP contribution in [-0.4, -0.2) is 61.7 Å². The van der Waals surface area contributed by atoms with E-state index < -0.39 is 0 Å². The minimum atomic E-state index is 0.340. The number of nitrogens with zero attached hydrogens (tertiary/aromatic N) is 2. The number of likely N-dealkylation sites (N-methyl/N-ethyl adjacent to an activating group) is 1. The van der Waals surface area contributed by atoms with Crippen molar-refractivity contribution in [2.24, 2.45) is 0 Å². The first-order valence-corrected chi connectivity index (χ1v) is 6.56. The molecule has 1 heterocycles. The van der Waals surface area contributed by atoms with Gasteiger partial charge in [0.25, 0.3) is 0 Å². The zero-order chi connectivity index (χ0) is 12.2. The van der Waals surface area contributed by atoms with E-state index in [4.69, 9.17) is 0 Å². The summed E-state index contributed by atoms with van der Waals surface area (Å²) in [6.45, 7) is 11.8. The number of hydrogen-bond donors (Lipinski definition) is 1. The Morgan fingerprint density at radius 2 is 2.00 bits per heavy atom. The van der Waals surface area contributed by atoms with Crippen molar-refractivity contribution in [1.29, 1.82) is 0 Å². The number of nitrogens with one attached hydrogen (secondary N) is 1. The highest BCUT2D eigenvalue weighted by atomic mass is 15.3. The van der Waals surface area contributed by atoms with Crippen molar-refractivity contribution < 1.29 is 0 Å². The lowest BCUT2D eigenvalue weighted by Crippen LogP contribution is -2.57. The van der Waals surface area contributed by atoms with Gasteiger partial charge in [-0.25, -0.2) is 0 Å². The normalized spacial score (nSPS) is 24.6. The average molecular weight is 227 g/mol. The average Bonchev–Trinajstić information content (AvgIpc) is 2.22.